The molecule has 0 amide bonds. The predicted molar refractivity (Wildman–Crippen MR) is 128 cm³/mol. The predicted octanol–water partition coefficient (Wildman–Crippen LogP) is 8.02. The molecule has 30 heavy (non-hydrogen) atoms. The zero-order valence-corrected chi connectivity index (χ0v) is 18.5. The van der Waals surface area contributed by atoms with Crippen molar-refractivity contribution >= 4 is 0 Å². The SMILES string of the molecule is CC(C)C1CCC(c2ccc(CC3=CC=C(C4=CCC=C4)C4C=CC=C34)cc2)CC1. The molecule has 0 heteroatoms. The Morgan fingerprint density at radius 2 is 1.70 bits per heavy atom. The van der Waals surface area contributed by atoms with Crippen LogP contribution in [-0.4, -0.2) is 0 Å². The van der Waals surface area contributed by atoms with Crippen LogP contribution in [-0.2, 0) is 6.42 Å². The molecular formula is C30H34. The first-order chi connectivity index (χ1) is 14.7. The Balaban J connectivity index is 1.28. The molecule has 5 rings (SSSR count). The average Bonchev–Trinajstić information content (AvgIpc) is 3.47. The number of fused-ring (bicyclic) bond motifs is 1. The zero-order valence-electron chi connectivity index (χ0n) is 18.5. The van der Waals surface area contributed by atoms with E-state index in [1.807, 2.05) is 0 Å². The third-order valence-corrected chi connectivity index (χ3v) is 7.75. The molecule has 1 unspecified atom stereocenters. The minimum Gasteiger partial charge on any atom is -0.0801 e. The fourth-order valence-corrected chi connectivity index (χ4v) is 5.80. The summed E-state index contributed by atoms with van der Waals surface area (Å²) in [5, 5.41) is 0. The Morgan fingerprint density at radius 1 is 0.900 bits per heavy atom. The summed E-state index contributed by atoms with van der Waals surface area (Å²) in [6, 6.07) is 9.58. The van der Waals surface area contributed by atoms with Crippen molar-refractivity contribution in [2.75, 3.05) is 0 Å². The van der Waals surface area contributed by atoms with Crippen molar-refractivity contribution in [2.24, 2.45) is 17.8 Å². The van der Waals surface area contributed by atoms with Crippen LogP contribution in [0.1, 0.15) is 63.0 Å². The van der Waals surface area contributed by atoms with Crippen molar-refractivity contribution < 1.29 is 0 Å². The Labute approximate surface area is 182 Å². The van der Waals surface area contributed by atoms with Crippen molar-refractivity contribution in [3.63, 3.8) is 0 Å². The molecule has 1 aromatic rings. The highest BCUT2D eigenvalue weighted by molar-refractivity contribution is 5.61. The van der Waals surface area contributed by atoms with Gasteiger partial charge < -0.3 is 0 Å². The molecular weight excluding hydrogens is 360 g/mol. The van der Waals surface area contributed by atoms with Gasteiger partial charge in [-0.3, -0.25) is 0 Å². The Hall–Kier alpha value is -2.34. The van der Waals surface area contributed by atoms with E-state index in [0.29, 0.717) is 5.92 Å². The van der Waals surface area contributed by atoms with Crippen LogP contribution < -0.4 is 0 Å². The van der Waals surface area contributed by atoms with Crippen LogP contribution in [0.3, 0.4) is 0 Å². The fraction of sp³-hybridized carbons (Fsp3) is 0.400. The van der Waals surface area contributed by atoms with E-state index in [2.05, 4.69) is 86.7 Å². The number of hydrogen-bond acceptors (Lipinski definition) is 0. The summed E-state index contributed by atoms with van der Waals surface area (Å²) in [6.45, 7) is 4.78. The highest BCUT2D eigenvalue weighted by Crippen LogP contribution is 2.42. The summed E-state index contributed by atoms with van der Waals surface area (Å²) in [6.07, 6.45) is 26.2. The second-order valence-corrected chi connectivity index (χ2v) is 9.87. The lowest BCUT2D eigenvalue weighted by Crippen LogP contribution is -2.17. The second-order valence-electron chi connectivity index (χ2n) is 9.87. The highest BCUT2D eigenvalue weighted by atomic mass is 14.3. The van der Waals surface area contributed by atoms with Crippen molar-refractivity contribution in [1.82, 2.24) is 0 Å². The molecule has 0 heterocycles. The monoisotopic (exact) mass is 394 g/mol. The van der Waals surface area contributed by atoms with E-state index in [0.717, 1.165) is 30.6 Å². The molecule has 1 saturated carbocycles. The molecule has 0 spiro atoms. The third-order valence-electron chi connectivity index (χ3n) is 7.75. The molecule has 0 radical (unpaired) electrons. The van der Waals surface area contributed by atoms with Crippen molar-refractivity contribution in [3.05, 3.63) is 106 Å². The Morgan fingerprint density at radius 3 is 2.40 bits per heavy atom. The summed E-state index contributed by atoms with van der Waals surface area (Å²) in [7, 11) is 0. The van der Waals surface area contributed by atoms with Gasteiger partial charge in [-0.2, -0.15) is 0 Å². The molecule has 154 valence electrons. The number of benzene rings is 1. The molecule has 4 aliphatic rings. The minimum atomic E-state index is 0.439. The molecule has 1 fully saturated rings. The summed E-state index contributed by atoms with van der Waals surface area (Å²) in [4.78, 5) is 0. The standard InChI is InChI=1S/C30H34/c1-21(2)23-14-16-25(17-15-23)24-12-10-22(11-13-24)20-27-18-19-29(26-6-3-4-7-26)30-9-5-8-28(27)30/h3,5-13,18-19,21,23,25,30H,4,14-17,20H2,1-2H3. The number of hydrogen-bond donors (Lipinski definition) is 0. The largest absolute Gasteiger partial charge is 0.0801 e. The van der Waals surface area contributed by atoms with Gasteiger partial charge in [0.25, 0.3) is 0 Å². The smallest absolute Gasteiger partial charge is 0.0281 e. The topological polar surface area (TPSA) is 0 Å². The lowest BCUT2D eigenvalue weighted by molar-refractivity contribution is 0.259. The fourth-order valence-electron chi connectivity index (χ4n) is 5.80. The Kier molecular flexibility index (Phi) is 5.50. The maximum Gasteiger partial charge on any atom is 0.0281 e. The molecule has 0 bridgehead atoms. The van der Waals surface area contributed by atoms with Crippen LogP contribution in [0.25, 0.3) is 0 Å². The summed E-state index contributed by atoms with van der Waals surface area (Å²) < 4.78 is 0. The maximum absolute atomic E-state index is 2.41. The molecule has 0 aromatic heterocycles. The molecule has 0 saturated heterocycles. The van der Waals surface area contributed by atoms with Gasteiger partial charge in [-0.05, 0) is 89.7 Å². The van der Waals surface area contributed by atoms with Crippen LogP contribution in [0.2, 0.25) is 0 Å². The maximum atomic E-state index is 2.41. The lowest BCUT2D eigenvalue weighted by atomic mass is 9.74. The van der Waals surface area contributed by atoms with Crippen LogP contribution in [0.15, 0.2) is 95.2 Å². The third kappa shape index (κ3) is 3.85. The number of allylic oxidation sites excluding steroid dienone is 12. The van der Waals surface area contributed by atoms with Crippen LogP contribution >= 0.6 is 0 Å². The summed E-state index contributed by atoms with van der Waals surface area (Å²) >= 11 is 0. The lowest BCUT2D eigenvalue weighted by Gasteiger charge is -2.31. The molecule has 0 aliphatic heterocycles. The van der Waals surface area contributed by atoms with Gasteiger partial charge in [-0.15, -0.1) is 0 Å². The minimum absolute atomic E-state index is 0.439. The van der Waals surface area contributed by atoms with Gasteiger partial charge >= 0.3 is 0 Å². The number of rotatable bonds is 5. The molecule has 1 atom stereocenters. The van der Waals surface area contributed by atoms with E-state index in [-0.39, 0.29) is 0 Å². The summed E-state index contributed by atoms with van der Waals surface area (Å²) in [5.41, 5.74) is 8.82. The van der Waals surface area contributed by atoms with E-state index >= 15 is 0 Å². The first kappa shape index (κ1) is 19.6. The first-order valence-corrected chi connectivity index (χ1v) is 11.9. The average molecular weight is 395 g/mol. The van der Waals surface area contributed by atoms with E-state index in [9.17, 15) is 0 Å². The van der Waals surface area contributed by atoms with Gasteiger partial charge in [-0.1, -0.05) is 86.7 Å². The zero-order chi connectivity index (χ0) is 20.5. The van der Waals surface area contributed by atoms with Gasteiger partial charge in [0.2, 0.25) is 0 Å². The van der Waals surface area contributed by atoms with Crippen molar-refractivity contribution in [1.29, 1.82) is 0 Å². The van der Waals surface area contributed by atoms with E-state index in [1.54, 1.807) is 5.56 Å². The van der Waals surface area contributed by atoms with E-state index < -0.39 is 0 Å². The van der Waals surface area contributed by atoms with E-state index in [4.69, 9.17) is 0 Å². The summed E-state index contributed by atoms with van der Waals surface area (Å²) in [5.74, 6) is 2.99. The van der Waals surface area contributed by atoms with Gasteiger partial charge in [0.1, 0.15) is 0 Å². The normalized spacial score (nSPS) is 27.6. The van der Waals surface area contributed by atoms with Gasteiger partial charge in [0.15, 0.2) is 0 Å². The van der Waals surface area contributed by atoms with Crippen molar-refractivity contribution in [2.45, 2.75) is 58.3 Å². The van der Waals surface area contributed by atoms with Crippen molar-refractivity contribution in [3.8, 4) is 0 Å². The molecule has 0 nitrogen and oxygen atoms in total. The van der Waals surface area contributed by atoms with Crippen LogP contribution in [0.4, 0.5) is 0 Å². The van der Waals surface area contributed by atoms with Crippen LogP contribution in [0.5, 0.6) is 0 Å². The quantitative estimate of drug-likeness (QED) is 0.474. The molecule has 4 aliphatic carbocycles. The molecule has 1 aromatic carbocycles. The molecule has 0 N–H and O–H groups in total. The van der Waals surface area contributed by atoms with E-state index in [1.165, 1.54) is 53.5 Å². The van der Waals surface area contributed by atoms with Crippen LogP contribution in [0, 0.1) is 17.8 Å². The first-order valence-electron chi connectivity index (χ1n) is 11.9. The second kappa shape index (κ2) is 8.42. The van der Waals surface area contributed by atoms with Gasteiger partial charge in [0, 0.05) is 5.92 Å². The highest BCUT2D eigenvalue weighted by Gasteiger charge is 2.27. The Bertz CT molecular complexity index is 963. The van der Waals surface area contributed by atoms with Gasteiger partial charge in [0.05, 0.1) is 0 Å². The van der Waals surface area contributed by atoms with Gasteiger partial charge in [-0.25, -0.2) is 0 Å².